The average Bonchev–Trinajstić information content (AvgIpc) is 1.78. The summed E-state index contributed by atoms with van der Waals surface area (Å²) in [6.45, 7) is 0.261. The SMILES string of the molecule is CC(COP(=O)([O-])[O-])OP(=O)([O-])[O-].[Zr+4]. The molecule has 80 valence electrons. The molecular formula is C3H6O8P2Zr. The second-order valence-electron chi connectivity index (χ2n) is 2.11. The molecule has 1 unspecified atom stereocenters. The molecule has 0 spiro atoms. The first-order valence-electron chi connectivity index (χ1n) is 2.97. The van der Waals surface area contributed by atoms with E-state index in [4.69, 9.17) is 0 Å². The smallest absolute Gasteiger partial charge is 0.790 e. The minimum Gasteiger partial charge on any atom is -0.790 e. The monoisotopic (exact) mass is 322 g/mol. The van der Waals surface area contributed by atoms with Crippen molar-refractivity contribution in [3.63, 3.8) is 0 Å². The Balaban J connectivity index is 0. The van der Waals surface area contributed by atoms with Crippen LogP contribution in [0.2, 0.25) is 0 Å². The zero-order valence-corrected chi connectivity index (χ0v) is 11.2. The van der Waals surface area contributed by atoms with Crippen LogP contribution in [0.1, 0.15) is 6.92 Å². The fourth-order valence-electron chi connectivity index (χ4n) is 0.447. The zero-order valence-electron chi connectivity index (χ0n) is 6.94. The van der Waals surface area contributed by atoms with Crippen LogP contribution in [-0.2, 0) is 44.4 Å². The van der Waals surface area contributed by atoms with Crippen LogP contribution in [0.4, 0.5) is 0 Å². The van der Waals surface area contributed by atoms with Crippen molar-refractivity contribution >= 4 is 15.6 Å². The van der Waals surface area contributed by atoms with E-state index in [9.17, 15) is 28.7 Å². The van der Waals surface area contributed by atoms with Gasteiger partial charge in [-0.1, -0.05) is 0 Å². The summed E-state index contributed by atoms with van der Waals surface area (Å²) >= 11 is 0. The quantitative estimate of drug-likeness (QED) is 0.489. The van der Waals surface area contributed by atoms with Gasteiger partial charge in [0.1, 0.15) is 0 Å². The fourth-order valence-corrected chi connectivity index (χ4v) is 1.34. The first-order valence-corrected chi connectivity index (χ1v) is 5.89. The Labute approximate surface area is 99.2 Å². The first-order chi connectivity index (χ1) is 5.60. The summed E-state index contributed by atoms with van der Waals surface area (Å²) in [4.78, 5) is 39.6. The summed E-state index contributed by atoms with van der Waals surface area (Å²) in [5.74, 6) is 0. The molecule has 14 heavy (non-hydrogen) atoms. The normalized spacial score (nSPS) is 14.6. The van der Waals surface area contributed by atoms with E-state index in [0.717, 1.165) is 6.92 Å². The molecule has 0 aromatic rings. The summed E-state index contributed by atoms with van der Waals surface area (Å²) in [5.41, 5.74) is 0. The summed E-state index contributed by atoms with van der Waals surface area (Å²) in [6, 6.07) is 0. The summed E-state index contributed by atoms with van der Waals surface area (Å²) in [5, 5.41) is 0. The second kappa shape index (κ2) is 6.64. The molecule has 0 rings (SSSR count). The Morgan fingerprint density at radius 3 is 1.86 bits per heavy atom. The van der Waals surface area contributed by atoms with Crippen LogP contribution in [-0.4, -0.2) is 12.7 Å². The number of hydrogen-bond donors (Lipinski definition) is 0. The van der Waals surface area contributed by atoms with E-state index < -0.39 is 28.4 Å². The molecule has 8 nitrogen and oxygen atoms in total. The minimum absolute atomic E-state index is 0. The van der Waals surface area contributed by atoms with E-state index in [1.807, 2.05) is 0 Å². The van der Waals surface area contributed by atoms with E-state index in [2.05, 4.69) is 9.05 Å². The molecule has 0 N–H and O–H groups in total. The van der Waals surface area contributed by atoms with E-state index in [1.165, 1.54) is 0 Å². The largest absolute Gasteiger partial charge is 4.00 e. The molecule has 0 aliphatic rings. The fraction of sp³-hybridized carbons (Fsp3) is 1.00. The number of phosphoric acid groups is 2. The van der Waals surface area contributed by atoms with Crippen LogP contribution >= 0.6 is 15.6 Å². The van der Waals surface area contributed by atoms with Gasteiger partial charge in [-0.25, -0.2) is 0 Å². The number of rotatable bonds is 5. The topological polar surface area (TPSA) is 145 Å². The van der Waals surface area contributed by atoms with Crippen molar-refractivity contribution in [3.8, 4) is 0 Å². The molecule has 0 amide bonds. The molecule has 0 aromatic heterocycles. The summed E-state index contributed by atoms with van der Waals surface area (Å²) in [6.07, 6.45) is -1.31. The second-order valence-corrected chi connectivity index (χ2v) is 4.36. The summed E-state index contributed by atoms with van der Waals surface area (Å²) < 4.78 is 27.2. The van der Waals surface area contributed by atoms with Crippen molar-refractivity contribution in [1.82, 2.24) is 0 Å². The molecule has 0 heterocycles. The van der Waals surface area contributed by atoms with Crippen LogP contribution in [0.15, 0.2) is 0 Å². The molecule has 0 fully saturated rings. The third-order valence-corrected chi connectivity index (χ3v) is 1.86. The Bertz CT molecular complexity index is 243. The predicted octanol–water partition coefficient (Wildman–Crippen LogP) is -2.94. The van der Waals surface area contributed by atoms with Crippen LogP contribution in [0.5, 0.6) is 0 Å². The van der Waals surface area contributed by atoms with Crippen LogP contribution in [0, 0.1) is 0 Å². The Morgan fingerprint density at radius 1 is 1.14 bits per heavy atom. The van der Waals surface area contributed by atoms with Gasteiger partial charge < -0.3 is 37.8 Å². The molecule has 0 bridgehead atoms. The van der Waals surface area contributed by atoms with Gasteiger partial charge in [0.25, 0.3) is 0 Å². The molecule has 0 aliphatic heterocycles. The van der Waals surface area contributed by atoms with Gasteiger partial charge in [0.05, 0.1) is 28.4 Å². The molecule has 0 aliphatic carbocycles. The van der Waals surface area contributed by atoms with Gasteiger partial charge in [-0.15, -0.1) is 0 Å². The van der Waals surface area contributed by atoms with Crippen molar-refractivity contribution in [1.29, 1.82) is 0 Å². The van der Waals surface area contributed by atoms with E-state index >= 15 is 0 Å². The maximum Gasteiger partial charge on any atom is 4.00 e. The van der Waals surface area contributed by atoms with Crippen molar-refractivity contribution in [2.75, 3.05) is 6.61 Å². The van der Waals surface area contributed by atoms with Crippen molar-refractivity contribution in [2.24, 2.45) is 0 Å². The first kappa shape index (κ1) is 17.5. The van der Waals surface area contributed by atoms with Crippen LogP contribution in [0.3, 0.4) is 0 Å². The standard InChI is InChI=1S/C3H10O8P2.Zr/c1-3(11-13(7,8)9)2-10-12(4,5)6;/h3H,2H2,1H3,(H2,4,5,6)(H2,7,8,9);/q;+4/p-4. The molecular weight excluding hydrogens is 317 g/mol. The maximum absolute atomic E-state index is 9.94. The van der Waals surface area contributed by atoms with E-state index in [1.54, 1.807) is 0 Å². The maximum atomic E-state index is 9.94. The van der Waals surface area contributed by atoms with E-state index in [0.29, 0.717) is 0 Å². The van der Waals surface area contributed by atoms with Crippen molar-refractivity contribution in [3.05, 3.63) is 0 Å². The van der Waals surface area contributed by atoms with Gasteiger partial charge in [0.15, 0.2) is 0 Å². The van der Waals surface area contributed by atoms with Gasteiger partial charge in [-0.2, -0.15) is 0 Å². The minimum atomic E-state index is -5.18. The molecule has 0 aromatic carbocycles. The average molecular weight is 323 g/mol. The third kappa shape index (κ3) is 13.1. The molecule has 1 atom stereocenters. The predicted molar refractivity (Wildman–Crippen MR) is 31.7 cm³/mol. The van der Waals surface area contributed by atoms with Gasteiger partial charge in [-0.3, -0.25) is 0 Å². The van der Waals surface area contributed by atoms with Crippen LogP contribution in [0.25, 0.3) is 0 Å². The van der Waals surface area contributed by atoms with E-state index in [-0.39, 0.29) is 26.2 Å². The van der Waals surface area contributed by atoms with Crippen molar-refractivity contribution in [2.45, 2.75) is 13.0 Å². The van der Waals surface area contributed by atoms with Gasteiger partial charge in [0, 0.05) is 0 Å². The Kier molecular flexibility index (Phi) is 8.29. The number of hydrogen-bond acceptors (Lipinski definition) is 8. The summed E-state index contributed by atoms with van der Waals surface area (Å²) in [7, 11) is -10.3. The van der Waals surface area contributed by atoms with Gasteiger partial charge in [-0.05, 0) is 6.92 Å². The van der Waals surface area contributed by atoms with Gasteiger partial charge >= 0.3 is 26.2 Å². The van der Waals surface area contributed by atoms with Crippen molar-refractivity contribution < 1.29 is 64.0 Å². The van der Waals surface area contributed by atoms with Gasteiger partial charge in [0.2, 0.25) is 0 Å². The molecule has 11 heteroatoms. The Hall–Kier alpha value is 1.10. The van der Waals surface area contributed by atoms with Crippen LogP contribution < -0.4 is 19.6 Å². The molecule has 0 saturated heterocycles. The molecule has 0 saturated carbocycles. The number of phosphoric ester groups is 2. The third-order valence-electron chi connectivity index (χ3n) is 0.776. The Morgan fingerprint density at radius 2 is 1.57 bits per heavy atom. The zero-order chi connectivity index (χ0) is 10.7. The molecule has 0 radical (unpaired) electrons.